The molecule has 0 aliphatic carbocycles. The summed E-state index contributed by atoms with van der Waals surface area (Å²) in [6.07, 6.45) is 1.92. The van der Waals surface area contributed by atoms with Crippen molar-refractivity contribution in [3.8, 4) is 0 Å². The second-order valence-corrected chi connectivity index (χ2v) is 3.97. The van der Waals surface area contributed by atoms with E-state index in [1.807, 2.05) is 6.92 Å². The fourth-order valence-corrected chi connectivity index (χ4v) is 1.55. The summed E-state index contributed by atoms with van der Waals surface area (Å²) < 4.78 is 0. The summed E-state index contributed by atoms with van der Waals surface area (Å²) >= 11 is 0. The minimum atomic E-state index is -0.485. The van der Waals surface area contributed by atoms with Crippen LogP contribution in [0.5, 0.6) is 0 Å². The number of hydrogen-bond acceptors (Lipinski definition) is 3. The van der Waals surface area contributed by atoms with Crippen LogP contribution in [-0.4, -0.2) is 16.9 Å². The monoisotopic (exact) mass is 236 g/mol. The van der Waals surface area contributed by atoms with E-state index in [1.54, 1.807) is 0 Å². The molecule has 1 amide bonds. The van der Waals surface area contributed by atoms with Gasteiger partial charge in [-0.05, 0) is 25.5 Å². The molecule has 1 aromatic rings. The molecule has 0 spiro atoms. The molecule has 1 atom stereocenters. The second kappa shape index (κ2) is 5.98. The minimum Gasteiger partial charge on any atom is -0.350 e. The zero-order valence-electron chi connectivity index (χ0n) is 9.97. The van der Waals surface area contributed by atoms with Gasteiger partial charge in [-0.2, -0.15) is 0 Å². The van der Waals surface area contributed by atoms with E-state index in [2.05, 4.69) is 12.2 Å². The van der Waals surface area contributed by atoms with Crippen molar-refractivity contribution in [2.75, 3.05) is 0 Å². The molecule has 5 nitrogen and oxygen atoms in total. The summed E-state index contributed by atoms with van der Waals surface area (Å²) in [5.74, 6) is -0.194. The Kier molecular flexibility index (Phi) is 4.63. The van der Waals surface area contributed by atoms with E-state index in [9.17, 15) is 14.9 Å². The molecule has 0 saturated carbocycles. The van der Waals surface area contributed by atoms with Gasteiger partial charge in [-0.25, -0.2) is 0 Å². The smallest absolute Gasteiger partial charge is 0.269 e. The van der Waals surface area contributed by atoms with E-state index in [-0.39, 0.29) is 17.6 Å². The number of amides is 1. The fourth-order valence-electron chi connectivity index (χ4n) is 1.55. The second-order valence-electron chi connectivity index (χ2n) is 3.97. The average molecular weight is 236 g/mol. The van der Waals surface area contributed by atoms with Crippen LogP contribution in [0.1, 0.15) is 37.0 Å². The molecule has 0 unspecified atom stereocenters. The number of carbonyl (C=O) groups excluding carboxylic acids is 1. The summed E-state index contributed by atoms with van der Waals surface area (Å²) in [5, 5.41) is 13.3. The maximum atomic E-state index is 11.7. The topological polar surface area (TPSA) is 72.2 Å². The van der Waals surface area contributed by atoms with Gasteiger partial charge in [0.25, 0.3) is 11.6 Å². The van der Waals surface area contributed by atoms with E-state index >= 15 is 0 Å². The van der Waals surface area contributed by atoms with E-state index < -0.39 is 4.92 Å². The number of non-ortho nitro benzene ring substituents is 1. The normalized spacial score (nSPS) is 11.9. The predicted octanol–water partition coefficient (Wildman–Crippen LogP) is 2.51. The van der Waals surface area contributed by atoms with Gasteiger partial charge in [-0.15, -0.1) is 0 Å². The van der Waals surface area contributed by atoms with Crippen LogP contribution in [0.3, 0.4) is 0 Å². The Morgan fingerprint density at radius 3 is 2.47 bits per heavy atom. The maximum absolute atomic E-state index is 11.7. The van der Waals surface area contributed by atoms with Gasteiger partial charge in [0, 0.05) is 23.7 Å². The van der Waals surface area contributed by atoms with E-state index in [1.165, 1.54) is 24.3 Å². The van der Waals surface area contributed by atoms with E-state index in [0.29, 0.717) is 5.56 Å². The quantitative estimate of drug-likeness (QED) is 0.630. The Balaban J connectivity index is 2.66. The molecule has 0 radical (unpaired) electrons. The summed E-state index contributed by atoms with van der Waals surface area (Å²) in [4.78, 5) is 21.7. The van der Waals surface area contributed by atoms with Crippen LogP contribution in [0.15, 0.2) is 24.3 Å². The van der Waals surface area contributed by atoms with Gasteiger partial charge < -0.3 is 5.32 Å². The van der Waals surface area contributed by atoms with Crippen molar-refractivity contribution >= 4 is 11.6 Å². The van der Waals surface area contributed by atoms with Crippen molar-refractivity contribution in [3.63, 3.8) is 0 Å². The van der Waals surface area contributed by atoms with Crippen LogP contribution < -0.4 is 5.32 Å². The lowest BCUT2D eigenvalue weighted by atomic mass is 10.1. The molecule has 0 aromatic heterocycles. The molecule has 1 rings (SSSR count). The van der Waals surface area contributed by atoms with Crippen molar-refractivity contribution in [1.29, 1.82) is 0 Å². The molecule has 1 N–H and O–H groups in total. The third-order valence-electron chi connectivity index (χ3n) is 2.44. The molecule has 0 bridgehead atoms. The number of nitro groups is 1. The zero-order valence-corrected chi connectivity index (χ0v) is 9.97. The molecule has 0 fully saturated rings. The molecular weight excluding hydrogens is 220 g/mol. The fraction of sp³-hybridized carbons (Fsp3) is 0.417. The van der Waals surface area contributed by atoms with Crippen LogP contribution in [-0.2, 0) is 0 Å². The first-order valence-corrected chi connectivity index (χ1v) is 5.60. The highest BCUT2D eigenvalue weighted by Crippen LogP contribution is 2.12. The Morgan fingerprint density at radius 2 is 2.00 bits per heavy atom. The van der Waals surface area contributed by atoms with E-state index in [0.717, 1.165) is 12.8 Å². The Labute approximate surface area is 100.0 Å². The van der Waals surface area contributed by atoms with Crippen molar-refractivity contribution < 1.29 is 9.72 Å². The lowest BCUT2D eigenvalue weighted by Gasteiger charge is -2.12. The van der Waals surface area contributed by atoms with Crippen molar-refractivity contribution in [1.82, 2.24) is 5.32 Å². The number of hydrogen-bond donors (Lipinski definition) is 1. The minimum absolute atomic E-state index is 0.0110. The maximum Gasteiger partial charge on any atom is 0.269 e. The van der Waals surface area contributed by atoms with Gasteiger partial charge in [0.05, 0.1) is 4.92 Å². The largest absolute Gasteiger partial charge is 0.350 e. The van der Waals surface area contributed by atoms with Gasteiger partial charge >= 0.3 is 0 Å². The summed E-state index contributed by atoms with van der Waals surface area (Å²) in [6.45, 7) is 3.99. The van der Waals surface area contributed by atoms with Crippen LogP contribution in [0.25, 0.3) is 0 Å². The summed E-state index contributed by atoms with van der Waals surface area (Å²) in [5.41, 5.74) is 0.432. The number of rotatable bonds is 5. The molecule has 0 aliphatic heterocycles. The zero-order chi connectivity index (χ0) is 12.8. The number of nitrogens with zero attached hydrogens (tertiary/aromatic N) is 1. The molecule has 0 saturated heterocycles. The van der Waals surface area contributed by atoms with Crippen LogP contribution in [0.2, 0.25) is 0 Å². The van der Waals surface area contributed by atoms with Gasteiger partial charge in [0.2, 0.25) is 0 Å². The number of carbonyl (C=O) groups is 1. The van der Waals surface area contributed by atoms with Crippen molar-refractivity contribution in [2.45, 2.75) is 32.7 Å². The first-order chi connectivity index (χ1) is 8.04. The van der Waals surface area contributed by atoms with Crippen LogP contribution in [0.4, 0.5) is 5.69 Å². The van der Waals surface area contributed by atoms with Gasteiger partial charge in [-0.1, -0.05) is 13.3 Å². The van der Waals surface area contributed by atoms with Gasteiger partial charge in [0.15, 0.2) is 0 Å². The molecule has 0 heterocycles. The lowest BCUT2D eigenvalue weighted by molar-refractivity contribution is -0.384. The summed E-state index contributed by atoms with van der Waals surface area (Å²) in [6, 6.07) is 5.71. The lowest BCUT2D eigenvalue weighted by Crippen LogP contribution is -2.32. The van der Waals surface area contributed by atoms with Crippen molar-refractivity contribution in [2.24, 2.45) is 0 Å². The highest BCUT2D eigenvalue weighted by atomic mass is 16.6. The van der Waals surface area contributed by atoms with Crippen LogP contribution >= 0.6 is 0 Å². The Bertz CT molecular complexity index is 401. The SMILES string of the molecule is CCC[C@H](C)NC(=O)c1ccc([N+](=O)[O-])cc1. The average Bonchev–Trinajstić information content (AvgIpc) is 2.29. The third-order valence-corrected chi connectivity index (χ3v) is 2.44. The highest BCUT2D eigenvalue weighted by molar-refractivity contribution is 5.94. The first kappa shape index (κ1) is 13.2. The highest BCUT2D eigenvalue weighted by Gasteiger charge is 2.11. The number of benzene rings is 1. The third kappa shape index (κ3) is 3.86. The first-order valence-electron chi connectivity index (χ1n) is 5.60. The standard InChI is InChI=1S/C12H16N2O3/c1-3-4-9(2)13-12(15)10-5-7-11(8-6-10)14(16)17/h5-9H,3-4H2,1-2H3,(H,13,15)/t9-/m0/s1. The summed E-state index contributed by atoms with van der Waals surface area (Å²) in [7, 11) is 0. The molecule has 92 valence electrons. The number of nitro benzene ring substituents is 1. The van der Waals surface area contributed by atoms with Crippen molar-refractivity contribution in [3.05, 3.63) is 39.9 Å². The van der Waals surface area contributed by atoms with E-state index in [4.69, 9.17) is 0 Å². The van der Waals surface area contributed by atoms with Gasteiger partial charge in [-0.3, -0.25) is 14.9 Å². The Morgan fingerprint density at radius 1 is 1.41 bits per heavy atom. The molecular formula is C12H16N2O3. The number of nitrogens with one attached hydrogen (secondary N) is 1. The molecule has 1 aromatic carbocycles. The molecule has 17 heavy (non-hydrogen) atoms. The van der Waals surface area contributed by atoms with Crippen LogP contribution in [0, 0.1) is 10.1 Å². The predicted molar refractivity (Wildman–Crippen MR) is 64.9 cm³/mol. The van der Waals surface area contributed by atoms with Gasteiger partial charge in [0.1, 0.15) is 0 Å². The molecule has 5 heteroatoms. The molecule has 0 aliphatic rings. The Hall–Kier alpha value is -1.91.